The highest BCUT2D eigenvalue weighted by Crippen LogP contribution is 2.23. The number of nitrogens with one attached hydrogen (secondary N) is 2. The lowest BCUT2D eigenvalue weighted by Crippen LogP contribution is -3.11. The van der Waals surface area contributed by atoms with Gasteiger partial charge in [0.2, 0.25) is 5.91 Å². The second-order valence-corrected chi connectivity index (χ2v) is 7.26. The Labute approximate surface area is 155 Å². The van der Waals surface area contributed by atoms with Crippen molar-refractivity contribution in [1.82, 2.24) is 5.32 Å². The number of likely N-dealkylation sites (tertiary alicyclic amines) is 1. The number of ether oxygens (including phenoxy) is 3. The second-order valence-electron chi connectivity index (χ2n) is 7.26. The van der Waals surface area contributed by atoms with Crippen LogP contribution in [0, 0.1) is 5.92 Å². The van der Waals surface area contributed by atoms with Crippen molar-refractivity contribution in [2.75, 3.05) is 40.5 Å². The number of quaternary nitrogens is 1. The van der Waals surface area contributed by atoms with E-state index in [2.05, 4.69) is 5.32 Å². The van der Waals surface area contributed by atoms with Gasteiger partial charge in [0.1, 0.15) is 18.0 Å². The molecule has 1 aromatic rings. The van der Waals surface area contributed by atoms with Crippen molar-refractivity contribution in [2.24, 2.45) is 5.92 Å². The smallest absolute Gasteiger partial charge is 0.223 e. The molecule has 2 aliphatic rings. The molecule has 0 radical (unpaired) electrons. The highest BCUT2D eigenvalue weighted by atomic mass is 16.5. The molecule has 0 saturated carbocycles. The number of piperidine rings is 1. The predicted octanol–water partition coefficient (Wildman–Crippen LogP) is 0.794. The minimum atomic E-state index is 0.132. The summed E-state index contributed by atoms with van der Waals surface area (Å²) in [5, 5.41) is 3.08. The fraction of sp³-hybridized carbons (Fsp3) is 0.650. The zero-order valence-corrected chi connectivity index (χ0v) is 15.9. The fourth-order valence-electron chi connectivity index (χ4n) is 3.92. The number of rotatable bonds is 7. The van der Waals surface area contributed by atoms with E-state index in [1.165, 1.54) is 4.90 Å². The van der Waals surface area contributed by atoms with Crippen LogP contribution in [0.2, 0.25) is 0 Å². The van der Waals surface area contributed by atoms with E-state index in [0.29, 0.717) is 6.54 Å². The summed E-state index contributed by atoms with van der Waals surface area (Å²) >= 11 is 0. The minimum Gasteiger partial charge on any atom is -0.497 e. The van der Waals surface area contributed by atoms with Gasteiger partial charge in [0.05, 0.1) is 39.0 Å². The standard InChI is InChI=1S/C20H30N2O4/c1-24-17-5-6-19(25-2)16(12-17)14-22-9-7-15(8-10-22)20(23)21-13-18-4-3-11-26-18/h5-6,12,15,18H,3-4,7-11,13-14H2,1-2H3,(H,21,23)/p+1/t18-/m0/s1. The number of methoxy groups -OCH3 is 2. The van der Waals surface area contributed by atoms with Crippen molar-refractivity contribution in [3.63, 3.8) is 0 Å². The van der Waals surface area contributed by atoms with E-state index >= 15 is 0 Å². The molecule has 2 N–H and O–H groups in total. The van der Waals surface area contributed by atoms with Gasteiger partial charge in [0.25, 0.3) is 0 Å². The van der Waals surface area contributed by atoms with Crippen LogP contribution in [0.25, 0.3) is 0 Å². The molecule has 0 spiro atoms. The van der Waals surface area contributed by atoms with Gasteiger partial charge >= 0.3 is 0 Å². The van der Waals surface area contributed by atoms with Gasteiger partial charge < -0.3 is 24.4 Å². The molecule has 1 atom stereocenters. The summed E-state index contributed by atoms with van der Waals surface area (Å²) in [4.78, 5) is 13.9. The molecule has 144 valence electrons. The number of hydrogen-bond acceptors (Lipinski definition) is 4. The van der Waals surface area contributed by atoms with E-state index in [1.807, 2.05) is 18.2 Å². The van der Waals surface area contributed by atoms with E-state index in [0.717, 1.165) is 69.0 Å². The number of carbonyl (C=O) groups excluding carboxylic acids is 1. The Balaban J connectivity index is 1.46. The van der Waals surface area contributed by atoms with Crippen molar-refractivity contribution in [3.05, 3.63) is 23.8 Å². The van der Waals surface area contributed by atoms with Crippen LogP contribution >= 0.6 is 0 Å². The molecule has 0 aromatic heterocycles. The first-order valence-electron chi connectivity index (χ1n) is 9.63. The van der Waals surface area contributed by atoms with Gasteiger partial charge in [0, 0.05) is 31.9 Å². The largest absolute Gasteiger partial charge is 0.497 e. The Morgan fingerprint density at radius 2 is 2.04 bits per heavy atom. The first kappa shape index (κ1) is 19.0. The Kier molecular flexibility index (Phi) is 6.74. The van der Waals surface area contributed by atoms with Crippen molar-refractivity contribution in [1.29, 1.82) is 0 Å². The van der Waals surface area contributed by atoms with Gasteiger partial charge in [-0.3, -0.25) is 4.79 Å². The molecule has 0 bridgehead atoms. The maximum Gasteiger partial charge on any atom is 0.223 e. The average molecular weight is 363 g/mol. The van der Waals surface area contributed by atoms with E-state index in [-0.39, 0.29) is 17.9 Å². The first-order chi connectivity index (χ1) is 12.7. The average Bonchev–Trinajstić information content (AvgIpc) is 3.20. The van der Waals surface area contributed by atoms with Crippen LogP contribution in [0.15, 0.2) is 18.2 Å². The molecular formula is C20H31N2O4+. The summed E-state index contributed by atoms with van der Waals surface area (Å²) in [6.07, 6.45) is 4.24. The molecule has 2 saturated heterocycles. The third kappa shape index (κ3) is 4.89. The topological polar surface area (TPSA) is 61.2 Å². The molecule has 26 heavy (non-hydrogen) atoms. The van der Waals surface area contributed by atoms with E-state index < -0.39 is 0 Å². The maximum absolute atomic E-state index is 12.4. The molecule has 0 aliphatic carbocycles. The SMILES string of the molecule is COc1ccc(OC)c(C[NH+]2CCC(C(=O)NC[C@@H]3CCCO3)CC2)c1. The molecule has 6 nitrogen and oxygen atoms in total. The Morgan fingerprint density at radius 3 is 2.69 bits per heavy atom. The summed E-state index contributed by atoms with van der Waals surface area (Å²) in [6, 6.07) is 5.92. The van der Waals surface area contributed by atoms with Crippen molar-refractivity contribution < 1.29 is 23.9 Å². The third-order valence-electron chi connectivity index (χ3n) is 5.52. The lowest BCUT2D eigenvalue weighted by molar-refractivity contribution is -0.919. The molecule has 1 amide bonds. The molecule has 2 fully saturated rings. The van der Waals surface area contributed by atoms with Crippen LogP contribution in [0.1, 0.15) is 31.2 Å². The van der Waals surface area contributed by atoms with Gasteiger partial charge in [-0.15, -0.1) is 0 Å². The molecule has 3 rings (SSSR count). The monoisotopic (exact) mass is 363 g/mol. The van der Waals surface area contributed by atoms with Crippen LogP contribution < -0.4 is 19.7 Å². The van der Waals surface area contributed by atoms with Gasteiger partial charge in [-0.25, -0.2) is 0 Å². The predicted molar refractivity (Wildman–Crippen MR) is 98.7 cm³/mol. The summed E-state index contributed by atoms with van der Waals surface area (Å²) in [7, 11) is 3.38. The Hall–Kier alpha value is -1.79. The quantitative estimate of drug-likeness (QED) is 0.752. The van der Waals surface area contributed by atoms with Gasteiger partial charge in [-0.2, -0.15) is 0 Å². The number of benzene rings is 1. The van der Waals surface area contributed by atoms with E-state index in [9.17, 15) is 4.79 Å². The molecular weight excluding hydrogens is 332 g/mol. The molecule has 2 heterocycles. The van der Waals surface area contributed by atoms with Crippen LogP contribution in [0.3, 0.4) is 0 Å². The van der Waals surface area contributed by atoms with E-state index in [1.54, 1.807) is 14.2 Å². The Morgan fingerprint density at radius 1 is 1.23 bits per heavy atom. The van der Waals surface area contributed by atoms with Gasteiger partial charge in [-0.1, -0.05) is 0 Å². The lowest BCUT2D eigenvalue weighted by Gasteiger charge is -2.29. The molecule has 0 unspecified atom stereocenters. The van der Waals surface area contributed by atoms with Crippen LogP contribution in [-0.4, -0.2) is 52.5 Å². The second kappa shape index (κ2) is 9.24. The van der Waals surface area contributed by atoms with Crippen LogP contribution in [-0.2, 0) is 16.1 Å². The Bertz CT molecular complexity index is 593. The van der Waals surface area contributed by atoms with E-state index in [4.69, 9.17) is 14.2 Å². The third-order valence-corrected chi connectivity index (χ3v) is 5.52. The van der Waals surface area contributed by atoms with Gasteiger partial charge in [0.15, 0.2) is 0 Å². The summed E-state index contributed by atoms with van der Waals surface area (Å²) < 4.78 is 16.4. The highest BCUT2D eigenvalue weighted by molar-refractivity contribution is 5.78. The summed E-state index contributed by atoms with van der Waals surface area (Å²) in [5.74, 6) is 2.07. The van der Waals surface area contributed by atoms with Crippen molar-refractivity contribution >= 4 is 5.91 Å². The fourth-order valence-corrected chi connectivity index (χ4v) is 3.92. The first-order valence-corrected chi connectivity index (χ1v) is 9.63. The maximum atomic E-state index is 12.4. The zero-order chi connectivity index (χ0) is 18.4. The van der Waals surface area contributed by atoms with Crippen LogP contribution in [0.5, 0.6) is 11.5 Å². The number of hydrogen-bond donors (Lipinski definition) is 2. The van der Waals surface area contributed by atoms with Crippen molar-refractivity contribution in [3.8, 4) is 11.5 Å². The lowest BCUT2D eigenvalue weighted by atomic mass is 9.95. The van der Waals surface area contributed by atoms with Crippen molar-refractivity contribution in [2.45, 2.75) is 38.3 Å². The molecule has 6 heteroatoms. The number of amides is 1. The summed E-state index contributed by atoms with van der Waals surface area (Å²) in [6.45, 7) is 4.38. The molecule has 2 aliphatic heterocycles. The summed E-state index contributed by atoms with van der Waals surface area (Å²) in [5.41, 5.74) is 1.16. The normalized spacial score (nSPS) is 25.7. The highest BCUT2D eigenvalue weighted by Gasteiger charge is 2.28. The zero-order valence-electron chi connectivity index (χ0n) is 15.9. The minimum absolute atomic E-state index is 0.132. The number of carbonyl (C=O) groups is 1. The molecule has 1 aromatic carbocycles. The van der Waals surface area contributed by atoms with Crippen LogP contribution in [0.4, 0.5) is 0 Å². The van der Waals surface area contributed by atoms with Gasteiger partial charge in [-0.05, 0) is 31.0 Å².